The van der Waals surface area contributed by atoms with E-state index in [4.69, 9.17) is 17.3 Å². The first kappa shape index (κ1) is 13.1. The summed E-state index contributed by atoms with van der Waals surface area (Å²) in [5, 5.41) is 10.5. The molecule has 19 heavy (non-hydrogen) atoms. The number of aromatic nitrogens is 1. The van der Waals surface area contributed by atoms with Gasteiger partial charge < -0.3 is 5.73 Å². The van der Waals surface area contributed by atoms with Crippen LogP contribution in [0.2, 0.25) is 5.02 Å². The van der Waals surface area contributed by atoms with Gasteiger partial charge in [-0.05, 0) is 18.2 Å². The number of allylic oxidation sites excluding steroid dienone is 1. The minimum Gasteiger partial charge on any atom is -0.404 e. The minimum absolute atomic E-state index is 0.414. The maximum absolute atomic E-state index is 9.24. The van der Waals surface area contributed by atoms with E-state index in [9.17, 15) is 5.26 Å². The van der Waals surface area contributed by atoms with E-state index in [2.05, 4.69) is 16.0 Å². The second-order valence-electron chi connectivity index (χ2n) is 3.81. The molecule has 0 amide bonds. The second kappa shape index (κ2) is 5.51. The first-order valence-corrected chi connectivity index (χ1v) is 5.93. The molecule has 0 atom stereocenters. The zero-order valence-electron chi connectivity index (χ0n) is 10.3. The SMILES string of the molecule is CN=CC(=CN)c1nc2cccc(Cl)c2cc1C#N. The van der Waals surface area contributed by atoms with Crippen LogP contribution < -0.4 is 5.73 Å². The predicted octanol–water partition coefficient (Wildman–Crippen LogP) is 2.76. The average Bonchev–Trinajstić information content (AvgIpc) is 2.44. The number of nitrogens with two attached hydrogens (primary N) is 1. The van der Waals surface area contributed by atoms with Crippen molar-refractivity contribution in [2.24, 2.45) is 10.7 Å². The summed E-state index contributed by atoms with van der Waals surface area (Å²) >= 11 is 6.10. The summed E-state index contributed by atoms with van der Waals surface area (Å²) in [7, 11) is 1.63. The molecule has 2 N–H and O–H groups in total. The summed E-state index contributed by atoms with van der Waals surface area (Å²) in [6.07, 6.45) is 2.95. The molecule has 0 saturated carbocycles. The van der Waals surface area contributed by atoms with Crippen LogP contribution in [0.15, 0.2) is 35.5 Å². The third-order valence-corrected chi connectivity index (χ3v) is 2.98. The molecule has 0 spiro atoms. The third kappa shape index (κ3) is 2.42. The Morgan fingerprint density at radius 1 is 1.53 bits per heavy atom. The maximum atomic E-state index is 9.24. The molecule has 0 aliphatic carbocycles. The van der Waals surface area contributed by atoms with Crippen LogP contribution in [-0.4, -0.2) is 18.2 Å². The van der Waals surface area contributed by atoms with Crippen molar-refractivity contribution in [2.75, 3.05) is 7.05 Å². The van der Waals surface area contributed by atoms with Gasteiger partial charge in [-0.1, -0.05) is 17.7 Å². The van der Waals surface area contributed by atoms with Crippen molar-refractivity contribution >= 4 is 34.3 Å². The number of halogens is 1. The summed E-state index contributed by atoms with van der Waals surface area (Å²) in [4.78, 5) is 8.36. The standard InChI is InChI=1S/C14H11ClN4/c1-18-8-10(7-17)14-9(6-16)5-11-12(15)3-2-4-13(11)19-14/h2-5,7-8H,17H2,1H3. The molecule has 0 aliphatic heterocycles. The predicted molar refractivity (Wildman–Crippen MR) is 78.0 cm³/mol. The van der Waals surface area contributed by atoms with Crippen LogP contribution in [0.25, 0.3) is 16.5 Å². The molecule has 1 aromatic carbocycles. The smallest absolute Gasteiger partial charge is 0.101 e. The highest BCUT2D eigenvalue weighted by Gasteiger charge is 2.11. The lowest BCUT2D eigenvalue weighted by atomic mass is 10.1. The summed E-state index contributed by atoms with van der Waals surface area (Å²) < 4.78 is 0. The Hall–Kier alpha value is -2.38. The number of fused-ring (bicyclic) bond motifs is 1. The van der Waals surface area contributed by atoms with Crippen LogP contribution in [0.1, 0.15) is 11.3 Å². The summed E-state index contributed by atoms with van der Waals surface area (Å²) in [5.74, 6) is 0. The van der Waals surface area contributed by atoms with E-state index in [1.54, 1.807) is 25.4 Å². The van der Waals surface area contributed by atoms with Crippen molar-refractivity contribution in [1.29, 1.82) is 5.26 Å². The molecule has 94 valence electrons. The van der Waals surface area contributed by atoms with E-state index < -0.39 is 0 Å². The van der Waals surface area contributed by atoms with Gasteiger partial charge in [0, 0.05) is 30.4 Å². The third-order valence-electron chi connectivity index (χ3n) is 2.65. The topological polar surface area (TPSA) is 75.1 Å². The van der Waals surface area contributed by atoms with Crippen LogP contribution in [-0.2, 0) is 0 Å². The molecule has 0 bridgehead atoms. The van der Waals surface area contributed by atoms with Gasteiger partial charge in [0.05, 0.1) is 21.8 Å². The van der Waals surface area contributed by atoms with Crippen molar-refractivity contribution in [3.63, 3.8) is 0 Å². The van der Waals surface area contributed by atoms with Gasteiger partial charge >= 0.3 is 0 Å². The molecule has 0 saturated heterocycles. The molecule has 1 aromatic heterocycles. The summed E-state index contributed by atoms with van der Waals surface area (Å²) in [5.41, 5.74) is 7.79. The molecule has 5 heteroatoms. The molecular formula is C14H11ClN4. The van der Waals surface area contributed by atoms with Gasteiger partial charge in [0.15, 0.2) is 0 Å². The number of hydrogen-bond acceptors (Lipinski definition) is 4. The zero-order valence-corrected chi connectivity index (χ0v) is 11.0. The molecular weight excluding hydrogens is 260 g/mol. The normalized spacial score (nSPS) is 11.9. The molecule has 4 nitrogen and oxygen atoms in total. The minimum atomic E-state index is 0.414. The fourth-order valence-electron chi connectivity index (χ4n) is 1.79. The van der Waals surface area contributed by atoms with Crippen LogP contribution in [0.5, 0.6) is 0 Å². The number of pyridine rings is 1. The Balaban J connectivity index is 2.79. The summed E-state index contributed by atoms with van der Waals surface area (Å²) in [6, 6.07) is 9.24. The van der Waals surface area contributed by atoms with Gasteiger partial charge in [-0.25, -0.2) is 4.98 Å². The van der Waals surface area contributed by atoms with Crippen molar-refractivity contribution in [1.82, 2.24) is 4.98 Å². The van der Waals surface area contributed by atoms with Crippen LogP contribution >= 0.6 is 11.6 Å². The van der Waals surface area contributed by atoms with E-state index in [0.717, 1.165) is 5.39 Å². The lowest BCUT2D eigenvalue weighted by molar-refractivity contribution is 1.32. The van der Waals surface area contributed by atoms with Gasteiger partial charge in [0.1, 0.15) is 6.07 Å². The number of hydrogen-bond donors (Lipinski definition) is 1. The van der Waals surface area contributed by atoms with Gasteiger partial charge in [-0.15, -0.1) is 0 Å². The van der Waals surface area contributed by atoms with Gasteiger partial charge in [-0.3, -0.25) is 4.99 Å². The van der Waals surface area contributed by atoms with E-state index in [-0.39, 0.29) is 0 Å². The Bertz CT molecular complexity index is 726. The Morgan fingerprint density at radius 3 is 2.95 bits per heavy atom. The van der Waals surface area contributed by atoms with E-state index in [1.807, 2.05) is 12.1 Å². The zero-order chi connectivity index (χ0) is 13.8. The molecule has 0 aliphatic rings. The molecule has 2 aromatic rings. The van der Waals surface area contributed by atoms with E-state index in [1.165, 1.54) is 6.20 Å². The number of nitrogens with zero attached hydrogens (tertiary/aromatic N) is 3. The van der Waals surface area contributed by atoms with Crippen LogP contribution in [0.3, 0.4) is 0 Å². The van der Waals surface area contributed by atoms with Crippen molar-refractivity contribution < 1.29 is 0 Å². The van der Waals surface area contributed by atoms with Crippen molar-refractivity contribution in [2.45, 2.75) is 0 Å². The van der Waals surface area contributed by atoms with Gasteiger partial charge in [0.25, 0.3) is 0 Å². The average molecular weight is 271 g/mol. The van der Waals surface area contributed by atoms with Crippen molar-refractivity contribution in [3.05, 3.63) is 46.7 Å². The van der Waals surface area contributed by atoms with Gasteiger partial charge in [-0.2, -0.15) is 5.26 Å². The molecule has 1 heterocycles. The Kier molecular flexibility index (Phi) is 3.79. The highest BCUT2D eigenvalue weighted by atomic mass is 35.5. The molecule has 0 fully saturated rings. The van der Waals surface area contributed by atoms with E-state index in [0.29, 0.717) is 27.4 Å². The van der Waals surface area contributed by atoms with Crippen molar-refractivity contribution in [3.8, 4) is 6.07 Å². The fraction of sp³-hybridized carbons (Fsp3) is 0.0714. The van der Waals surface area contributed by atoms with Gasteiger partial charge in [0.2, 0.25) is 0 Å². The Labute approximate surface area is 115 Å². The number of aliphatic imine (C=N–C) groups is 1. The first-order chi connectivity index (χ1) is 9.21. The lowest BCUT2D eigenvalue weighted by Crippen LogP contribution is -1.99. The fourth-order valence-corrected chi connectivity index (χ4v) is 2.01. The number of benzene rings is 1. The van der Waals surface area contributed by atoms with Crippen LogP contribution in [0, 0.1) is 11.3 Å². The van der Waals surface area contributed by atoms with Crippen LogP contribution in [0.4, 0.5) is 0 Å². The number of rotatable bonds is 2. The van der Waals surface area contributed by atoms with E-state index >= 15 is 0 Å². The maximum Gasteiger partial charge on any atom is 0.101 e. The molecule has 0 unspecified atom stereocenters. The Morgan fingerprint density at radius 2 is 2.32 bits per heavy atom. The quantitative estimate of drug-likeness (QED) is 0.853. The summed E-state index contributed by atoms with van der Waals surface area (Å²) in [6.45, 7) is 0. The highest BCUT2D eigenvalue weighted by molar-refractivity contribution is 6.35. The molecule has 0 radical (unpaired) electrons. The second-order valence-corrected chi connectivity index (χ2v) is 4.22. The number of nitriles is 1. The first-order valence-electron chi connectivity index (χ1n) is 5.55. The largest absolute Gasteiger partial charge is 0.404 e. The lowest BCUT2D eigenvalue weighted by Gasteiger charge is -2.07. The monoisotopic (exact) mass is 270 g/mol. The highest BCUT2D eigenvalue weighted by Crippen LogP contribution is 2.26. The molecule has 2 rings (SSSR count).